The molecule has 3 aromatic rings. The van der Waals surface area contributed by atoms with Crippen molar-refractivity contribution in [2.24, 2.45) is 0 Å². The molecule has 1 aliphatic rings. The van der Waals surface area contributed by atoms with E-state index in [4.69, 9.17) is 32.7 Å². The minimum Gasteiger partial charge on any atom is -0.493 e. The van der Waals surface area contributed by atoms with Crippen LogP contribution in [0.25, 0.3) is 0 Å². The number of urea groups is 1. The van der Waals surface area contributed by atoms with Gasteiger partial charge in [0.15, 0.2) is 17.9 Å². The van der Waals surface area contributed by atoms with Crippen molar-refractivity contribution >= 4 is 47.2 Å². The molecule has 41 heavy (non-hydrogen) atoms. The van der Waals surface area contributed by atoms with Gasteiger partial charge in [-0.05, 0) is 25.6 Å². The van der Waals surface area contributed by atoms with Gasteiger partial charge in [0.05, 0.1) is 23.4 Å². The molecule has 0 spiro atoms. The number of pyridine rings is 3. The molecule has 0 aliphatic carbocycles. The van der Waals surface area contributed by atoms with Gasteiger partial charge in [-0.2, -0.15) is 5.26 Å². The first-order chi connectivity index (χ1) is 19.7. The number of hydrogen-bond acceptors (Lipinski definition) is 10. The molecule has 1 fully saturated rings. The van der Waals surface area contributed by atoms with Crippen molar-refractivity contribution in [2.75, 3.05) is 51.0 Å². The maximum atomic E-state index is 12.9. The Morgan fingerprint density at radius 2 is 1.85 bits per heavy atom. The van der Waals surface area contributed by atoms with Gasteiger partial charge < -0.3 is 14.4 Å². The minimum absolute atomic E-state index is 0.0648. The number of piperazine rings is 1. The Morgan fingerprint density at radius 1 is 1.15 bits per heavy atom. The minimum atomic E-state index is -0.698. The summed E-state index contributed by atoms with van der Waals surface area (Å²) in [5, 5.41) is 15.3. The number of likely N-dealkylation sites (N-methyl/N-ethyl adjacent to an activating group) is 1. The van der Waals surface area contributed by atoms with E-state index in [-0.39, 0.29) is 28.6 Å². The Morgan fingerprint density at radius 3 is 2.49 bits per heavy atom. The summed E-state index contributed by atoms with van der Waals surface area (Å²) >= 11 is 12.5. The molecule has 2 amide bonds. The smallest absolute Gasteiger partial charge is 0.326 e. The lowest BCUT2D eigenvalue weighted by Gasteiger charge is -2.32. The first kappa shape index (κ1) is 30.0. The predicted molar refractivity (Wildman–Crippen MR) is 154 cm³/mol. The molecule has 14 heteroatoms. The van der Waals surface area contributed by atoms with Gasteiger partial charge in [-0.3, -0.25) is 25.3 Å². The molecular weight excluding hydrogens is 571 g/mol. The second kappa shape index (κ2) is 13.6. The van der Waals surface area contributed by atoms with Crippen molar-refractivity contribution in [3.8, 4) is 17.6 Å². The van der Waals surface area contributed by atoms with E-state index >= 15 is 0 Å². The maximum Gasteiger partial charge on any atom is 0.326 e. The number of amides is 2. The highest BCUT2D eigenvalue weighted by atomic mass is 35.5. The Balaban J connectivity index is 1.49. The van der Waals surface area contributed by atoms with Crippen LogP contribution in [0.2, 0.25) is 10.0 Å². The second-order valence-corrected chi connectivity index (χ2v) is 10.1. The standard InChI is InChI=1S/C27H28Cl2N8O4/c1-16(25-19(28)12-31-13-20(25)29)41-22-9-24(32-11-18(22)10-30)34-27(39)35-26-23(40-3)8-17(21(15-38)33-26)14-37-6-4-36(2)5-7-37/h8-9,11-13,15-16H,4-7,14H2,1-3H3,(H2,32,33,34,35,39)/t16-/m1/s1. The van der Waals surface area contributed by atoms with Crippen LogP contribution in [-0.4, -0.2) is 77.4 Å². The van der Waals surface area contributed by atoms with E-state index in [1.54, 1.807) is 13.0 Å². The quantitative estimate of drug-likeness (QED) is 0.340. The molecule has 2 N–H and O–H groups in total. The van der Waals surface area contributed by atoms with E-state index in [0.717, 1.165) is 26.2 Å². The van der Waals surface area contributed by atoms with Crippen LogP contribution in [0, 0.1) is 11.3 Å². The summed E-state index contributed by atoms with van der Waals surface area (Å²) in [6.07, 6.45) is 4.16. The molecule has 0 aromatic carbocycles. The van der Waals surface area contributed by atoms with E-state index in [1.807, 2.05) is 6.07 Å². The third-order valence-electron chi connectivity index (χ3n) is 6.48. The highest BCUT2D eigenvalue weighted by Crippen LogP contribution is 2.34. The van der Waals surface area contributed by atoms with Crippen LogP contribution in [0.5, 0.6) is 11.5 Å². The molecule has 0 saturated carbocycles. The van der Waals surface area contributed by atoms with Crippen molar-refractivity contribution in [2.45, 2.75) is 19.6 Å². The maximum absolute atomic E-state index is 12.9. The van der Waals surface area contributed by atoms with Gasteiger partial charge in [0.25, 0.3) is 0 Å². The zero-order valence-electron chi connectivity index (χ0n) is 22.6. The average Bonchev–Trinajstić information content (AvgIpc) is 2.94. The number of nitrogens with one attached hydrogen (secondary N) is 2. The molecular formula is C27H28Cl2N8O4. The summed E-state index contributed by atoms with van der Waals surface area (Å²) in [7, 11) is 3.52. The van der Waals surface area contributed by atoms with Crippen LogP contribution in [0.1, 0.15) is 40.2 Å². The third kappa shape index (κ3) is 7.39. The largest absolute Gasteiger partial charge is 0.493 e. The fourth-order valence-corrected chi connectivity index (χ4v) is 4.94. The molecule has 214 valence electrons. The highest BCUT2D eigenvalue weighted by Gasteiger charge is 2.21. The Labute approximate surface area is 247 Å². The van der Waals surface area contributed by atoms with Gasteiger partial charge in [-0.1, -0.05) is 23.2 Å². The lowest BCUT2D eigenvalue weighted by atomic mass is 10.1. The monoisotopic (exact) mass is 598 g/mol. The summed E-state index contributed by atoms with van der Waals surface area (Å²) in [5.74, 6) is 0.611. The molecule has 1 aliphatic heterocycles. The molecule has 4 rings (SSSR count). The van der Waals surface area contributed by atoms with Crippen LogP contribution >= 0.6 is 23.2 Å². The lowest BCUT2D eigenvalue weighted by molar-refractivity contribution is 0.111. The lowest BCUT2D eigenvalue weighted by Crippen LogP contribution is -2.44. The number of methoxy groups -OCH3 is 1. The molecule has 12 nitrogen and oxygen atoms in total. The van der Waals surface area contributed by atoms with Crippen LogP contribution in [-0.2, 0) is 6.54 Å². The summed E-state index contributed by atoms with van der Waals surface area (Å²) in [5.41, 5.74) is 1.54. The average molecular weight is 599 g/mol. The van der Waals surface area contributed by atoms with Crippen LogP contribution in [0.3, 0.4) is 0 Å². The van der Waals surface area contributed by atoms with Gasteiger partial charge in [-0.15, -0.1) is 0 Å². The van der Waals surface area contributed by atoms with Crippen LogP contribution in [0.4, 0.5) is 16.4 Å². The van der Waals surface area contributed by atoms with Gasteiger partial charge in [0.2, 0.25) is 0 Å². The molecule has 1 atom stereocenters. The van der Waals surface area contributed by atoms with Gasteiger partial charge >= 0.3 is 6.03 Å². The molecule has 3 aromatic heterocycles. The van der Waals surface area contributed by atoms with Crippen molar-refractivity contribution in [1.82, 2.24) is 24.8 Å². The fourth-order valence-electron chi connectivity index (χ4n) is 4.27. The first-order valence-electron chi connectivity index (χ1n) is 12.6. The van der Waals surface area contributed by atoms with Crippen LogP contribution < -0.4 is 20.1 Å². The van der Waals surface area contributed by atoms with Gasteiger partial charge in [0, 0.05) is 56.7 Å². The number of aldehydes is 1. The number of carbonyl (C=O) groups excluding carboxylic acids is 2. The van der Waals surface area contributed by atoms with Crippen molar-refractivity contribution in [3.63, 3.8) is 0 Å². The number of carbonyl (C=O) groups is 2. The topological polar surface area (TPSA) is 146 Å². The van der Waals surface area contributed by atoms with E-state index < -0.39 is 12.1 Å². The summed E-state index contributed by atoms with van der Waals surface area (Å²) in [4.78, 5) is 41.6. The number of rotatable bonds is 9. The van der Waals surface area contributed by atoms with Crippen molar-refractivity contribution in [3.05, 3.63) is 63.2 Å². The van der Waals surface area contributed by atoms with Gasteiger partial charge in [0.1, 0.15) is 35.0 Å². The predicted octanol–water partition coefficient (Wildman–Crippen LogP) is 4.40. The molecule has 4 heterocycles. The Kier molecular flexibility index (Phi) is 9.91. The summed E-state index contributed by atoms with van der Waals surface area (Å²) in [6, 6.07) is 4.41. The zero-order chi connectivity index (χ0) is 29.5. The van der Waals surface area contributed by atoms with E-state index in [1.165, 1.54) is 31.8 Å². The summed E-state index contributed by atoms with van der Waals surface area (Å²) < 4.78 is 11.4. The van der Waals surface area contributed by atoms with E-state index in [9.17, 15) is 14.9 Å². The zero-order valence-corrected chi connectivity index (χ0v) is 24.2. The Hall–Kier alpha value is -4.02. The number of nitriles is 1. The molecule has 0 radical (unpaired) electrons. The second-order valence-electron chi connectivity index (χ2n) is 9.31. The highest BCUT2D eigenvalue weighted by molar-refractivity contribution is 6.35. The SMILES string of the molecule is COc1cc(CN2CCN(C)CC2)c(C=O)nc1NC(=O)Nc1cc(O[C@H](C)c2c(Cl)cncc2Cl)c(C#N)cn1. The van der Waals surface area contributed by atoms with E-state index in [2.05, 4.69) is 42.4 Å². The number of ether oxygens (including phenoxy) is 2. The first-order valence-corrected chi connectivity index (χ1v) is 13.4. The Bertz CT molecular complexity index is 1450. The molecule has 1 saturated heterocycles. The van der Waals surface area contributed by atoms with E-state index in [0.29, 0.717) is 39.8 Å². The number of nitrogens with zero attached hydrogens (tertiary/aromatic N) is 6. The molecule has 0 unspecified atom stereocenters. The van der Waals surface area contributed by atoms with Crippen molar-refractivity contribution in [1.29, 1.82) is 5.26 Å². The van der Waals surface area contributed by atoms with Crippen LogP contribution in [0.15, 0.2) is 30.7 Å². The number of anilines is 2. The van der Waals surface area contributed by atoms with Crippen molar-refractivity contribution < 1.29 is 19.1 Å². The third-order valence-corrected chi connectivity index (χ3v) is 7.08. The molecule has 0 bridgehead atoms. The number of halogens is 2. The number of hydrogen-bond donors (Lipinski definition) is 2. The normalized spacial score (nSPS) is 14.5. The van der Waals surface area contributed by atoms with Gasteiger partial charge in [-0.25, -0.2) is 14.8 Å². The summed E-state index contributed by atoms with van der Waals surface area (Å²) in [6.45, 7) is 5.84. The number of aromatic nitrogens is 3. The fraction of sp³-hybridized carbons (Fsp3) is 0.333.